The summed E-state index contributed by atoms with van der Waals surface area (Å²) in [5, 5.41) is 2.79. The lowest BCUT2D eigenvalue weighted by molar-refractivity contribution is -0.161. The van der Waals surface area contributed by atoms with Crippen molar-refractivity contribution >= 4 is 25.7 Å². The zero-order valence-corrected chi connectivity index (χ0v) is 27.3. The van der Waals surface area contributed by atoms with Crippen molar-refractivity contribution < 1.29 is 42.7 Å². The van der Waals surface area contributed by atoms with Crippen LogP contribution in [0.5, 0.6) is 0 Å². The van der Waals surface area contributed by atoms with E-state index in [4.69, 9.17) is 19.3 Å². The molecular weight excluding hydrogens is 561 g/mol. The van der Waals surface area contributed by atoms with Gasteiger partial charge in [-0.25, -0.2) is 4.57 Å². The van der Waals surface area contributed by atoms with E-state index in [-0.39, 0.29) is 25.4 Å². The van der Waals surface area contributed by atoms with E-state index in [1.807, 2.05) is 0 Å². The van der Waals surface area contributed by atoms with Gasteiger partial charge in [-0.1, -0.05) is 116 Å². The van der Waals surface area contributed by atoms with Crippen LogP contribution in [0.2, 0.25) is 0 Å². The first-order valence-corrected chi connectivity index (χ1v) is 18.0. The number of phosphoric acid groups is 1. The minimum absolute atomic E-state index is 0.00422. The number of rotatable bonds is 30. The number of carbonyl (C=O) groups is 3. The fraction of sp³-hybridized carbons (Fsp3) is 0.903. The first kappa shape index (κ1) is 40.5. The van der Waals surface area contributed by atoms with E-state index in [0.717, 1.165) is 70.8 Å². The number of amides is 1. The lowest BCUT2D eigenvalue weighted by atomic mass is 10.0. The van der Waals surface area contributed by atoms with Crippen molar-refractivity contribution in [1.82, 2.24) is 5.32 Å². The number of hydrogen-bond acceptors (Lipinski definition) is 7. The third-order valence-electron chi connectivity index (χ3n) is 7.07. The molecule has 3 N–H and O–H groups in total. The summed E-state index contributed by atoms with van der Waals surface area (Å²) in [6.07, 6.45) is 21.6. The molecule has 10 nitrogen and oxygen atoms in total. The molecule has 0 saturated heterocycles. The van der Waals surface area contributed by atoms with Gasteiger partial charge in [0.2, 0.25) is 5.91 Å². The van der Waals surface area contributed by atoms with E-state index in [0.29, 0.717) is 12.8 Å². The second-order valence-corrected chi connectivity index (χ2v) is 12.5. The summed E-state index contributed by atoms with van der Waals surface area (Å²) in [6.45, 7) is 3.62. The summed E-state index contributed by atoms with van der Waals surface area (Å²) in [4.78, 5) is 53.2. The van der Waals surface area contributed by atoms with E-state index < -0.39 is 32.5 Å². The van der Waals surface area contributed by atoms with Crippen LogP contribution in [0.4, 0.5) is 0 Å². The zero-order chi connectivity index (χ0) is 31.3. The molecule has 0 rings (SSSR count). The maximum atomic E-state index is 12.3. The van der Waals surface area contributed by atoms with Gasteiger partial charge < -0.3 is 24.6 Å². The lowest BCUT2D eigenvalue weighted by Crippen LogP contribution is -2.29. The van der Waals surface area contributed by atoms with Crippen LogP contribution >= 0.6 is 7.82 Å². The molecule has 248 valence electrons. The monoisotopic (exact) mass is 621 g/mol. The van der Waals surface area contributed by atoms with Crippen LogP contribution in [0.1, 0.15) is 155 Å². The SMILES string of the molecule is CCCCCCCCCCCCCCC(=O)O[C@@H](COC(=O)CCCCCCCCCCNC(C)=O)COP(=O)(O)O. The third kappa shape index (κ3) is 31.5. The number of unbranched alkanes of at least 4 members (excludes halogenated alkanes) is 18. The fourth-order valence-corrected chi connectivity index (χ4v) is 4.99. The first-order valence-electron chi connectivity index (χ1n) is 16.4. The molecule has 11 heteroatoms. The molecule has 0 aliphatic rings. The van der Waals surface area contributed by atoms with Crippen molar-refractivity contribution in [2.24, 2.45) is 0 Å². The summed E-state index contributed by atoms with van der Waals surface area (Å²) in [5.74, 6) is -0.928. The number of ether oxygens (including phenoxy) is 2. The van der Waals surface area contributed by atoms with Crippen molar-refractivity contribution in [3.63, 3.8) is 0 Å². The number of nitrogens with one attached hydrogen (secondary N) is 1. The van der Waals surface area contributed by atoms with E-state index in [1.54, 1.807) is 0 Å². The Morgan fingerprint density at radius 1 is 0.643 bits per heavy atom. The maximum absolute atomic E-state index is 12.3. The Bertz CT molecular complexity index is 729. The summed E-state index contributed by atoms with van der Waals surface area (Å²) >= 11 is 0. The van der Waals surface area contributed by atoms with Gasteiger partial charge in [0, 0.05) is 26.3 Å². The highest BCUT2D eigenvalue weighted by atomic mass is 31.2. The Kier molecular flexibility index (Phi) is 27.3. The maximum Gasteiger partial charge on any atom is 0.469 e. The molecule has 0 fully saturated rings. The van der Waals surface area contributed by atoms with Crippen LogP contribution in [-0.4, -0.2) is 53.5 Å². The molecule has 0 spiro atoms. The quantitative estimate of drug-likeness (QED) is 0.0427. The van der Waals surface area contributed by atoms with E-state index in [9.17, 15) is 18.9 Å². The Balaban J connectivity index is 3.99. The van der Waals surface area contributed by atoms with Crippen LogP contribution < -0.4 is 5.32 Å². The van der Waals surface area contributed by atoms with Gasteiger partial charge in [0.05, 0.1) is 6.61 Å². The molecule has 0 unspecified atom stereocenters. The Morgan fingerprint density at radius 3 is 1.52 bits per heavy atom. The Morgan fingerprint density at radius 2 is 1.07 bits per heavy atom. The van der Waals surface area contributed by atoms with E-state index in [2.05, 4.69) is 16.8 Å². The van der Waals surface area contributed by atoms with Gasteiger partial charge in [0.25, 0.3) is 0 Å². The van der Waals surface area contributed by atoms with Crippen molar-refractivity contribution in [2.75, 3.05) is 19.8 Å². The van der Waals surface area contributed by atoms with Gasteiger partial charge in [-0.2, -0.15) is 0 Å². The van der Waals surface area contributed by atoms with Gasteiger partial charge in [-0.3, -0.25) is 18.9 Å². The van der Waals surface area contributed by atoms with Gasteiger partial charge in [-0.15, -0.1) is 0 Å². The summed E-state index contributed by atoms with van der Waals surface area (Å²) < 4.78 is 26.1. The number of phosphoric ester groups is 1. The van der Waals surface area contributed by atoms with E-state index >= 15 is 0 Å². The molecule has 0 bridgehead atoms. The van der Waals surface area contributed by atoms with Crippen molar-refractivity contribution in [2.45, 2.75) is 161 Å². The highest BCUT2D eigenvalue weighted by molar-refractivity contribution is 7.46. The van der Waals surface area contributed by atoms with Crippen LogP contribution in [-0.2, 0) is 32.9 Å². The Labute approximate surface area is 254 Å². The molecule has 1 atom stereocenters. The number of carbonyl (C=O) groups excluding carboxylic acids is 3. The normalized spacial score (nSPS) is 12.2. The van der Waals surface area contributed by atoms with Gasteiger partial charge >= 0.3 is 19.8 Å². The van der Waals surface area contributed by atoms with Gasteiger partial charge in [0.15, 0.2) is 6.10 Å². The second kappa shape index (κ2) is 28.3. The number of esters is 2. The standard InChI is InChI=1S/C31H60NO9P/c1-3-4-5-6-7-8-9-10-11-15-18-21-24-31(35)41-29(27-40-42(36,37)38)26-39-30(34)23-20-17-14-12-13-16-19-22-25-32-28(2)33/h29H,3-27H2,1-2H3,(H,32,33)(H2,36,37,38)/t29-/m0/s1. The minimum Gasteiger partial charge on any atom is -0.462 e. The van der Waals surface area contributed by atoms with Crippen molar-refractivity contribution in [1.29, 1.82) is 0 Å². The molecule has 0 aromatic rings. The fourth-order valence-electron chi connectivity index (χ4n) is 4.63. The third-order valence-corrected chi connectivity index (χ3v) is 7.56. The molecule has 1 amide bonds. The molecule has 0 radical (unpaired) electrons. The largest absolute Gasteiger partial charge is 0.469 e. The second-order valence-electron chi connectivity index (χ2n) is 11.3. The van der Waals surface area contributed by atoms with Crippen molar-refractivity contribution in [3.05, 3.63) is 0 Å². The summed E-state index contributed by atoms with van der Waals surface area (Å²) in [7, 11) is -4.75. The van der Waals surface area contributed by atoms with E-state index in [1.165, 1.54) is 58.3 Å². The molecule has 0 saturated carbocycles. The first-order chi connectivity index (χ1) is 20.1. The summed E-state index contributed by atoms with van der Waals surface area (Å²) in [5.41, 5.74) is 0. The lowest BCUT2D eigenvalue weighted by Gasteiger charge is -2.18. The molecule has 0 aromatic heterocycles. The molecular formula is C31H60NO9P. The van der Waals surface area contributed by atoms with Crippen LogP contribution in [0.15, 0.2) is 0 Å². The smallest absolute Gasteiger partial charge is 0.462 e. The van der Waals surface area contributed by atoms with Crippen LogP contribution in [0.25, 0.3) is 0 Å². The highest BCUT2D eigenvalue weighted by Gasteiger charge is 2.22. The van der Waals surface area contributed by atoms with Gasteiger partial charge in [0.1, 0.15) is 6.61 Å². The molecule has 0 heterocycles. The summed E-state index contributed by atoms with van der Waals surface area (Å²) in [6, 6.07) is 0. The number of hydrogen-bond donors (Lipinski definition) is 3. The average Bonchev–Trinajstić information content (AvgIpc) is 2.93. The predicted molar refractivity (Wildman–Crippen MR) is 165 cm³/mol. The Hall–Kier alpha value is -1.48. The molecule has 0 aliphatic heterocycles. The van der Waals surface area contributed by atoms with Crippen LogP contribution in [0.3, 0.4) is 0 Å². The minimum atomic E-state index is -4.75. The predicted octanol–water partition coefficient (Wildman–Crippen LogP) is 7.29. The van der Waals surface area contributed by atoms with Crippen molar-refractivity contribution in [3.8, 4) is 0 Å². The zero-order valence-electron chi connectivity index (χ0n) is 26.5. The highest BCUT2D eigenvalue weighted by Crippen LogP contribution is 2.35. The van der Waals surface area contributed by atoms with Crippen LogP contribution in [0, 0.1) is 0 Å². The molecule has 42 heavy (non-hydrogen) atoms. The van der Waals surface area contributed by atoms with Gasteiger partial charge in [-0.05, 0) is 19.3 Å². The average molecular weight is 622 g/mol. The molecule has 0 aromatic carbocycles. The molecule has 0 aliphatic carbocycles. The topological polar surface area (TPSA) is 148 Å².